The van der Waals surface area contributed by atoms with Crippen molar-refractivity contribution in [1.82, 2.24) is 14.5 Å². The molecule has 0 unspecified atom stereocenters. The fourth-order valence-corrected chi connectivity index (χ4v) is 4.51. The van der Waals surface area contributed by atoms with Crippen molar-refractivity contribution in [2.45, 2.75) is 53.5 Å². The van der Waals surface area contributed by atoms with Gasteiger partial charge >= 0.3 is 0 Å². The summed E-state index contributed by atoms with van der Waals surface area (Å²) < 4.78 is 2.04. The molecule has 0 fully saturated rings. The van der Waals surface area contributed by atoms with Crippen LogP contribution in [0.15, 0.2) is 79.3 Å². The van der Waals surface area contributed by atoms with Gasteiger partial charge in [-0.3, -0.25) is 0 Å². The predicted molar refractivity (Wildman–Crippen MR) is 149 cm³/mol. The number of phenolic OH excluding ortho intramolecular Hbond substituents is 1. The standard InChI is InChI=1S/C20H20N.C12H14N2O.Ir/c1-13(2)19-12-21-20(18-8-6-5-7-17(18)19)16-10-14(3)9-15(4)11-16;1-9(2)14-8-7-13-12(14)10-5-3-4-6-11(10)15;/h5-10,12-13H,1-4H3;3-9,15H,1-2H3;/q-1;;. The molecule has 4 nitrogen and oxygen atoms in total. The van der Waals surface area contributed by atoms with E-state index in [1.165, 1.54) is 21.9 Å². The predicted octanol–water partition coefficient (Wildman–Crippen LogP) is 8.28. The van der Waals surface area contributed by atoms with Crippen LogP contribution >= 0.6 is 0 Å². The van der Waals surface area contributed by atoms with Gasteiger partial charge in [-0.2, -0.15) is 0 Å². The van der Waals surface area contributed by atoms with Crippen LogP contribution in [-0.2, 0) is 20.1 Å². The Morgan fingerprint density at radius 1 is 0.865 bits per heavy atom. The summed E-state index contributed by atoms with van der Waals surface area (Å²) in [5.74, 6) is 1.55. The van der Waals surface area contributed by atoms with Crippen LogP contribution in [0, 0.1) is 19.9 Å². The van der Waals surface area contributed by atoms with Gasteiger partial charge in [-0.1, -0.05) is 64.1 Å². The zero-order chi connectivity index (χ0) is 25.8. The maximum atomic E-state index is 9.74. The second-order valence-electron chi connectivity index (χ2n) is 9.79. The van der Waals surface area contributed by atoms with E-state index in [-0.39, 0.29) is 25.9 Å². The Morgan fingerprint density at radius 2 is 1.54 bits per heavy atom. The molecule has 0 amide bonds. The maximum absolute atomic E-state index is 9.74. The number of aromatic nitrogens is 3. The minimum absolute atomic E-state index is 0. The number of hydrogen-bond donors (Lipinski definition) is 1. The van der Waals surface area contributed by atoms with Crippen molar-refractivity contribution in [1.29, 1.82) is 0 Å². The first-order valence-corrected chi connectivity index (χ1v) is 12.5. The van der Waals surface area contributed by atoms with Crippen LogP contribution in [0.25, 0.3) is 33.4 Å². The number of para-hydroxylation sites is 1. The van der Waals surface area contributed by atoms with Gasteiger partial charge in [0.2, 0.25) is 0 Å². The zero-order valence-corrected chi connectivity index (χ0v) is 24.7. The molecule has 193 valence electrons. The molecule has 5 aromatic rings. The average molecular weight is 669 g/mol. The zero-order valence-electron chi connectivity index (χ0n) is 22.3. The normalized spacial score (nSPS) is 10.8. The van der Waals surface area contributed by atoms with Gasteiger partial charge in [0, 0.05) is 44.7 Å². The summed E-state index contributed by atoms with van der Waals surface area (Å²) in [5.41, 5.74) is 6.60. The van der Waals surface area contributed by atoms with Gasteiger partial charge in [0.15, 0.2) is 0 Å². The van der Waals surface area contributed by atoms with E-state index in [0.717, 1.165) is 28.2 Å². The van der Waals surface area contributed by atoms with Crippen molar-refractivity contribution >= 4 is 10.8 Å². The van der Waals surface area contributed by atoms with E-state index in [4.69, 9.17) is 4.98 Å². The number of nitrogens with zero attached hydrogens (tertiary/aromatic N) is 3. The quantitative estimate of drug-likeness (QED) is 0.196. The summed E-state index contributed by atoms with van der Waals surface area (Å²) in [6.45, 7) is 12.8. The van der Waals surface area contributed by atoms with E-state index in [1.54, 1.807) is 12.3 Å². The summed E-state index contributed by atoms with van der Waals surface area (Å²) in [5, 5.41) is 12.2. The number of benzene rings is 3. The second kappa shape index (κ2) is 12.3. The number of phenols is 1. The molecule has 37 heavy (non-hydrogen) atoms. The minimum atomic E-state index is 0. The number of aryl methyl sites for hydroxylation is 2. The molecular weight excluding hydrogens is 635 g/mol. The van der Waals surface area contributed by atoms with E-state index in [0.29, 0.717) is 12.0 Å². The third-order valence-corrected chi connectivity index (χ3v) is 6.22. The van der Waals surface area contributed by atoms with E-state index in [1.807, 2.05) is 35.2 Å². The largest absolute Gasteiger partial charge is 0.507 e. The van der Waals surface area contributed by atoms with Crippen molar-refractivity contribution < 1.29 is 25.2 Å². The van der Waals surface area contributed by atoms with Crippen LogP contribution in [0.2, 0.25) is 0 Å². The summed E-state index contributed by atoms with van der Waals surface area (Å²) in [4.78, 5) is 9.02. The SMILES string of the molecule is CC(C)n1ccnc1-c1ccccc1O.Cc1[c-]c(-c2ncc(C(C)C)c3ccccc23)cc(C)c1.[Ir]. The molecule has 2 aromatic heterocycles. The van der Waals surface area contributed by atoms with Gasteiger partial charge in [-0.25, -0.2) is 4.98 Å². The van der Waals surface area contributed by atoms with E-state index in [9.17, 15) is 5.11 Å². The van der Waals surface area contributed by atoms with E-state index < -0.39 is 0 Å². The van der Waals surface area contributed by atoms with Gasteiger partial charge in [0.25, 0.3) is 0 Å². The van der Waals surface area contributed by atoms with Crippen molar-refractivity contribution in [3.8, 4) is 28.4 Å². The molecule has 1 N–H and O–H groups in total. The minimum Gasteiger partial charge on any atom is -0.507 e. The van der Waals surface area contributed by atoms with Gasteiger partial charge in [-0.05, 0) is 53.9 Å². The molecule has 0 bridgehead atoms. The van der Waals surface area contributed by atoms with Crippen LogP contribution in [0.1, 0.15) is 56.3 Å². The fourth-order valence-electron chi connectivity index (χ4n) is 4.51. The summed E-state index contributed by atoms with van der Waals surface area (Å²) in [7, 11) is 0. The molecule has 0 aliphatic carbocycles. The number of fused-ring (bicyclic) bond motifs is 1. The van der Waals surface area contributed by atoms with Gasteiger partial charge in [0.1, 0.15) is 11.6 Å². The second-order valence-corrected chi connectivity index (χ2v) is 9.79. The Kier molecular flexibility index (Phi) is 9.42. The van der Waals surface area contributed by atoms with Gasteiger partial charge in [0.05, 0.1) is 5.56 Å². The monoisotopic (exact) mass is 669 g/mol. The fraction of sp³-hybridized carbons (Fsp3) is 0.250. The molecular formula is C32H34IrN3O-. The third-order valence-electron chi connectivity index (χ3n) is 6.22. The summed E-state index contributed by atoms with van der Waals surface area (Å²) >= 11 is 0. The summed E-state index contributed by atoms with van der Waals surface area (Å²) in [6, 6.07) is 23.9. The number of imidazole rings is 1. The first-order valence-electron chi connectivity index (χ1n) is 12.5. The molecule has 5 heteroatoms. The molecule has 0 aliphatic rings. The smallest absolute Gasteiger partial charge is 0.143 e. The van der Waals surface area contributed by atoms with Crippen LogP contribution in [0.4, 0.5) is 0 Å². The molecule has 2 heterocycles. The molecule has 3 aromatic carbocycles. The van der Waals surface area contributed by atoms with E-state index >= 15 is 0 Å². The third kappa shape index (κ3) is 6.36. The summed E-state index contributed by atoms with van der Waals surface area (Å²) in [6.07, 6.45) is 5.70. The topological polar surface area (TPSA) is 50.9 Å². The Hall–Kier alpha value is -3.27. The first-order chi connectivity index (χ1) is 17.3. The Morgan fingerprint density at radius 3 is 2.19 bits per heavy atom. The number of aromatic hydroxyl groups is 1. The van der Waals surface area contributed by atoms with Crippen LogP contribution in [0.5, 0.6) is 5.75 Å². The Bertz CT molecular complexity index is 1470. The van der Waals surface area contributed by atoms with Gasteiger partial charge in [-0.15, -0.1) is 34.9 Å². The molecule has 0 atom stereocenters. The molecule has 0 spiro atoms. The molecule has 5 rings (SSSR count). The van der Waals surface area contributed by atoms with Crippen LogP contribution < -0.4 is 0 Å². The van der Waals surface area contributed by atoms with Crippen molar-refractivity contribution in [2.24, 2.45) is 0 Å². The van der Waals surface area contributed by atoms with Crippen LogP contribution in [-0.4, -0.2) is 19.6 Å². The molecule has 1 radical (unpaired) electrons. The van der Waals surface area contributed by atoms with Crippen molar-refractivity contribution in [3.05, 3.63) is 102 Å². The first kappa shape index (κ1) is 28.3. The van der Waals surface area contributed by atoms with Gasteiger partial charge < -0.3 is 14.7 Å². The number of hydrogen-bond acceptors (Lipinski definition) is 3. The average Bonchev–Trinajstić information content (AvgIpc) is 3.33. The number of rotatable bonds is 4. The Balaban J connectivity index is 0.000000211. The molecule has 0 aliphatic heterocycles. The van der Waals surface area contributed by atoms with Crippen molar-refractivity contribution in [3.63, 3.8) is 0 Å². The number of pyridine rings is 1. The van der Waals surface area contributed by atoms with Crippen molar-refractivity contribution in [2.75, 3.05) is 0 Å². The van der Waals surface area contributed by atoms with E-state index in [2.05, 4.69) is 89.0 Å². The van der Waals surface area contributed by atoms with Crippen LogP contribution in [0.3, 0.4) is 0 Å². The Labute approximate surface area is 233 Å². The molecule has 0 saturated heterocycles. The maximum Gasteiger partial charge on any atom is 0.143 e. The molecule has 0 saturated carbocycles.